The molecule has 1 aliphatic carbocycles. The van der Waals surface area contributed by atoms with Crippen molar-refractivity contribution in [3.63, 3.8) is 0 Å². The largest absolute Gasteiger partial charge is 0.417 e. The van der Waals surface area contributed by atoms with Crippen molar-refractivity contribution in [2.24, 2.45) is 0 Å². The van der Waals surface area contributed by atoms with E-state index in [4.69, 9.17) is 11.6 Å². The standard InChI is InChI=1S/C26H21ClF6N2O/c1-23(2,36)21-15-35(22(34-21)19-8-3-4-9-20(19)25(28,29)30)24(26(31,32)33)12-10-16(11-13-24)17-6-5-7-18(27)14-17/h3-12,14-15,36H,13H2,1-2H3. The van der Waals surface area contributed by atoms with Crippen LogP contribution in [0.3, 0.4) is 0 Å². The van der Waals surface area contributed by atoms with Gasteiger partial charge in [-0.2, -0.15) is 26.3 Å². The van der Waals surface area contributed by atoms with Gasteiger partial charge in [-0.3, -0.25) is 0 Å². The van der Waals surface area contributed by atoms with Crippen LogP contribution in [-0.4, -0.2) is 20.8 Å². The van der Waals surface area contributed by atoms with Crippen LogP contribution in [0, 0.1) is 0 Å². The number of alkyl halides is 6. The molecule has 1 atom stereocenters. The molecule has 1 N–H and O–H groups in total. The molecular weight excluding hydrogens is 506 g/mol. The monoisotopic (exact) mass is 526 g/mol. The van der Waals surface area contributed by atoms with Crippen molar-refractivity contribution in [2.45, 2.75) is 43.8 Å². The lowest BCUT2D eigenvalue weighted by Gasteiger charge is -2.37. The Kier molecular flexibility index (Phi) is 6.37. The molecule has 0 bridgehead atoms. The number of rotatable bonds is 4. The van der Waals surface area contributed by atoms with Crippen molar-refractivity contribution in [3.8, 4) is 11.4 Å². The maximum Gasteiger partial charge on any atom is 0.417 e. The van der Waals surface area contributed by atoms with Gasteiger partial charge in [0.05, 0.1) is 11.3 Å². The molecule has 190 valence electrons. The van der Waals surface area contributed by atoms with Crippen LogP contribution in [-0.2, 0) is 17.3 Å². The van der Waals surface area contributed by atoms with Crippen molar-refractivity contribution in [2.75, 3.05) is 0 Å². The molecular formula is C26H21ClF6N2O. The molecule has 0 saturated carbocycles. The quantitative estimate of drug-likeness (QED) is 0.353. The molecule has 0 fully saturated rings. The van der Waals surface area contributed by atoms with Gasteiger partial charge < -0.3 is 9.67 Å². The Morgan fingerprint density at radius 1 is 1.00 bits per heavy atom. The van der Waals surface area contributed by atoms with Gasteiger partial charge in [-0.15, -0.1) is 0 Å². The summed E-state index contributed by atoms with van der Waals surface area (Å²) in [5.74, 6) is -0.554. The predicted molar refractivity (Wildman–Crippen MR) is 125 cm³/mol. The van der Waals surface area contributed by atoms with E-state index < -0.39 is 46.9 Å². The summed E-state index contributed by atoms with van der Waals surface area (Å²) >= 11 is 6.01. The van der Waals surface area contributed by atoms with Crippen LogP contribution in [0.4, 0.5) is 26.3 Å². The molecule has 0 aliphatic heterocycles. The maximum atomic E-state index is 14.8. The third-order valence-corrected chi connectivity index (χ3v) is 6.29. The molecule has 3 aromatic rings. The highest BCUT2D eigenvalue weighted by Crippen LogP contribution is 2.48. The molecule has 1 heterocycles. The summed E-state index contributed by atoms with van der Waals surface area (Å²) in [6, 6.07) is 10.9. The van der Waals surface area contributed by atoms with E-state index in [1.807, 2.05) is 0 Å². The minimum Gasteiger partial charge on any atom is -0.384 e. The zero-order valence-corrected chi connectivity index (χ0v) is 19.9. The normalized spacial score (nSPS) is 18.9. The zero-order valence-electron chi connectivity index (χ0n) is 19.1. The van der Waals surface area contributed by atoms with Gasteiger partial charge in [0, 0.05) is 23.2 Å². The molecule has 10 heteroatoms. The summed E-state index contributed by atoms with van der Waals surface area (Å²) in [4.78, 5) is 4.09. The minimum atomic E-state index is -4.92. The van der Waals surface area contributed by atoms with E-state index in [1.165, 1.54) is 32.1 Å². The first kappa shape index (κ1) is 26.0. The highest BCUT2D eigenvalue weighted by Gasteiger charge is 2.56. The molecule has 1 aromatic heterocycles. The maximum absolute atomic E-state index is 14.8. The van der Waals surface area contributed by atoms with Gasteiger partial charge >= 0.3 is 12.4 Å². The molecule has 0 saturated heterocycles. The van der Waals surface area contributed by atoms with Gasteiger partial charge in [-0.05, 0) is 49.3 Å². The Morgan fingerprint density at radius 3 is 2.25 bits per heavy atom. The van der Waals surface area contributed by atoms with Crippen molar-refractivity contribution in [1.82, 2.24) is 9.55 Å². The van der Waals surface area contributed by atoms with Gasteiger partial charge in [0.2, 0.25) is 0 Å². The average molecular weight is 527 g/mol. The van der Waals surface area contributed by atoms with Crippen molar-refractivity contribution in [1.29, 1.82) is 0 Å². The molecule has 1 unspecified atom stereocenters. The van der Waals surface area contributed by atoms with Gasteiger partial charge in [-0.1, -0.05) is 54.1 Å². The fourth-order valence-electron chi connectivity index (χ4n) is 4.13. The first-order valence-electron chi connectivity index (χ1n) is 10.8. The fraction of sp³-hybridized carbons (Fsp3) is 0.269. The molecule has 0 radical (unpaired) electrons. The molecule has 3 nitrogen and oxygen atoms in total. The number of hydrogen-bond acceptors (Lipinski definition) is 2. The first-order valence-corrected chi connectivity index (χ1v) is 11.2. The number of halogens is 7. The molecule has 0 spiro atoms. The first-order chi connectivity index (χ1) is 16.6. The number of imidazole rings is 1. The number of allylic oxidation sites excluding steroid dienone is 4. The number of benzene rings is 2. The van der Waals surface area contributed by atoms with Crippen LogP contribution >= 0.6 is 11.6 Å². The highest BCUT2D eigenvalue weighted by molar-refractivity contribution is 6.30. The van der Waals surface area contributed by atoms with Crippen LogP contribution in [0.5, 0.6) is 0 Å². The molecule has 1 aliphatic rings. The molecule has 0 amide bonds. The lowest BCUT2D eigenvalue weighted by molar-refractivity contribution is -0.196. The molecule has 4 rings (SSSR count). The number of hydrogen-bond donors (Lipinski definition) is 1. The Hall–Kier alpha value is -3.04. The van der Waals surface area contributed by atoms with Crippen molar-refractivity contribution in [3.05, 3.63) is 94.8 Å². The smallest absolute Gasteiger partial charge is 0.384 e. The van der Waals surface area contributed by atoms with E-state index in [2.05, 4.69) is 4.98 Å². The Labute approximate surface area is 208 Å². The van der Waals surface area contributed by atoms with E-state index in [-0.39, 0.29) is 5.69 Å². The van der Waals surface area contributed by atoms with Crippen LogP contribution in [0.15, 0.2) is 73.0 Å². The van der Waals surface area contributed by atoms with Gasteiger partial charge in [0.1, 0.15) is 11.4 Å². The van der Waals surface area contributed by atoms with Gasteiger partial charge in [-0.25, -0.2) is 4.98 Å². The molecule has 36 heavy (non-hydrogen) atoms. The third kappa shape index (κ3) is 4.69. The summed E-state index contributed by atoms with van der Waals surface area (Å²) in [6.07, 6.45) is -5.85. The van der Waals surface area contributed by atoms with Gasteiger partial charge in [0.25, 0.3) is 0 Å². The summed E-state index contributed by atoms with van der Waals surface area (Å²) in [7, 11) is 0. The number of aliphatic hydroxyl groups is 1. The Bertz CT molecular complexity index is 1350. The SMILES string of the molecule is CC(C)(O)c1cn(C2(C(F)(F)F)C=CC(c3cccc(Cl)c3)=CC2)c(-c2ccccc2C(F)(F)F)n1. The summed E-state index contributed by atoms with van der Waals surface area (Å²) in [5, 5.41) is 10.9. The minimum absolute atomic E-state index is 0.198. The van der Waals surface area contributed by atoms with Crippen molar-refractivity contribution >= 4 is 17.2 Å². The summed E-state index contributed by atoms with van der Waals surface area (Å²) in [5.41, 5.74) is -5.23. The second kappa shape index (κ2) is 8.81. The van der Waals surface area contributed by atoms with Crippen LogP contribution in [0.25, 0.3) is 17.0 Å². The summed E-state index contributed by atoms with van der Waals surface area (Å²) < 4.78 is 86.4. The van der Waals surface area contributed by atoms with Crippen molar-refractivity contribution < 1.29 is 31.4 Å². The summed E-state index contributed by atoms with van der Waals surface area (Å²) in [6.45, 7) is 2.60. The Balaban J connectivity index is 1.95. The number of nitrogens with zero attached hydrogens (tertiary/aromatic N) is 2. The van der Waals surface area contributed by atoms with E-state index in [0.717, 1.165) is 30.5 Å². The zero-order chi connectivity index (χ0) is 26.5. The second-order valence-corrected chi connectivity index (χ2v) is 9.49. The van der Waals surface area contributed by atoms with Crippen LogP contribution in [0.1, 0.15) is 37.1 Å². The topological polar surface area (TPSA) is 38.0 Å². The molecule has 2 aromatic carbocycles. The van der Waals surface area contributed by atoms with E-state index in [1.54, 1.807) is 24.3 Å². The van der Waals surface area contributed by atoms with E-state index >= 15 is 0 Å². The van der Waals surface area contributed by atoms with E-state index in [9.17, 15) is 31.4 Å². The average Bonchev–Trinajstić information content (AvgIpc) is 3.24. The van der Waals surface area contributed by atoms with Gasteiger partial charge in [0.15, 0.2) is 5.54 Å². The van der Waals surface area contributed by atoms with E-state index in [0.29, 0.717) is 20.7 Å². The Morgan fingerprint density at radius 2 is 1.69 bits per heavy atom. The van der Waals surface area contributed by atoms with Crippen LogP contribution < -0.4 is 0 Å². The lowest BCUT2D eigenvalue weighted by Crippen LogP contribution is -2.46. The second-order valence-electron chi connectivity index (χ2n) is 9.05. The lowest BCUT2D eigenvalue weighted by atomic mass is 9.85. The van der Waals surface area contributed by atoms with Crippen LogP contribution in [0.2, 0.25) is 5.02 Å². The predicted octanol–water partition coefficient (Wildman–Crippen LogP) is 7.75. The number of aromatic nitrogens is 2. The third-order valence-electron chi connectivity index (χ3n) is 6.06. The highest BCUT2D eigenvalue weighted by atomic mass is 35.5. The fourth-order valence-corrected chi connectivity index (χ4v) is 4.32.